The van der Waals surface area contributed by atoms with E-state index in [1.165, 1.54) is 116 Å². The molecule has 2 aromatic carbocycles. The Bertz CT molecular complexity index is 2020. The first-order valence-electron chi connectivity index (χ1n) is 25.4. The molecule has 346 valence electrons. The van der Waals surface area contributed by atoms with Crippen molar-refractivity contribution in [3.8, 4) is 5.75 Å². The molecule has 10 rings (SSSR count). The van der Waals surface area contributed by atoms with Crippen molar-refractivity contribution in [2.75, 3.05) is 73.4 Å². The third-order valence-corrected chi connectivity index (χ3v) is 15.6. The number of carbonyl (C=O) groups excluding carboxylic acids is 1. The van der Waals surface area contributed by atoms with Crippen LogP contribution in [0.15, 0.2) is 54.7 Å². The Kier molecular flexibility index (Phi) is 14.6. The maximum Gasteiger partial charge on any atom is 0.229 e. The molecule has 1 aromatic heterocycles. The molecule has 4 bridgehead atoms. The summed E-state index contributed by atoms with van der Waals surface area (Å²) in [6.45, 7) is 9.17. The van der Waals surface area contributed by atoms with E-state index in [-0.39, 0.29) is 0 Å². The van der Waals surface area contributed by atoms with Crippen LogP contribution in [0.4, 0.5) is 34.5 Å². The van der Waals surface area contributed by atoms with Crippen molar-refractivity contribution in [2.24, 2.45) is 29.1 Å². The van der Waals surface area contributed by atoms with Crippen LogP contribution in [0.3, 0.4) is 0 Å². The standard InChI is InChI=1S/C53H76N8O3/c1-38-26-50(63)61(45-15-13-14-43(30-45)55-36-39-16-17-39)51-46(38)37-56-52(58-51)57-47-19-18-44(31-48(47)64-2)60-24-22-59(23-25-60)21-12-10-8-6-4-3-5-7-9-11-20-54-49(62)35-53-32-40-27-41(33-53)29-42(28-40)34-53/h13-15,18-19,26,30-31,37,39-42,50,55,63H,3-12,16-17,20-25,27-29,32-36H2,1-2H3,(H,54,62)(H,56,57,58). The predicted octanol–water partition coefficient (Wildman–Crippen LogP) is 10.7. The van der Waals surface area contributed by atoms with Gasteiger partial charge in [0, 0.05) is 80.6 Å². The van der Waals surface area contributed by atoms with E-state index in [9.17, 15) is 9.90 Å². The number of allylic oxidation sites excluding steroid dienone is 1. The van der Waals surface area contributed by atoms with Gasteiger partial charge in [0.1, 0.15) is 11.6 Å². The Morgan fingerprint density at radius 1 is 0.844 bits per heavy atom. The Hall–Kier alpha value is -4.35. The molecule has 1 amide bonds. The van der Waals surface area contributed by atoms with Crippen molar-refractivity contribution in [1.29, 1.82) is 0 Å². The molecule has 1 atom stereocenters. The summed E-state index contributed by atoms with van der Waals surface area (Å²) in [6, 6.07) is 14.5. The number of aliphatic hydroxyl groups excluding tert-OH is 1. The van der Waals surface area contributed by atoms with Gasteiger partial charge in [-0.1, -0.05) is 57.4 Å². The molecule has 3 heterocycles. The number of fused-ring (bicyclic) bond motifs is 1. The van der Waals surface area contributed by atoms with Crippen LogP contribution in [0, 0.1) is 29.1 Å². The highest BCUT2D eigenvalue weighted by molar-refractivity contribution is 5.83. The highest BCUT2D eigenvalue weighted by Crippen LogP contribution is 2.61. The number of nitrogens with one attached hydrogen (secondary N) is 3. The summed E-state index contributed by atoms with van der Waals surface area (Å²) in [6.07, 6.45) is 27.6. The number of unbranched alkanes of at least 4 members (excludes halogenated alkanes) is 9. The maximum absolute atomic E-state index is 12.8. The average Bonchev–Trinajstić information content (AvgIpc) is 4.12. The lowest BCUT2D eigenvalue weighted by molar-refractivity contribution is -0.129. The van der Waals surface area contributed by atoms with Crippen LogP contribution in [0.1, 0.15) is 134 Å². The molecule has 7 aliphatic rings. The molecule has 4 N–H and O–H groups in total. The molecule has 5 aliphatic carbocycles. The molecular weight excluding hydrogens is 797 g/mol. The molecule has 1 saturated heterocycles. The Labute approximate surface area is 383 Å². The van der Waals surface area contributed by atoms with Crippen molar-refractivity contribution < 1.29 is 14.6 Å². The second kappa shape index (κ2) is 20.9. The van der Waals surface area contributed by atoms with Gasteiger partial charge in [-0.15, -0.1) is 0 Å². The molecule has 0 radical (unpaired) electrons. The number of carbonyl (C=O) groups is 1. The molecule has 0 spiro atoms. The summed E-state index contributed by atoms with van der Waals surface area (Å²) in [7, 11) is 1.71. The quantitative estimate of drug-likeness (QED) is 0.0686. The minimum atomic E-state index is -0.849. The third kappa shape index (κ3) is 11.4. The van der Waals surface area contributed by atoms with E-state index in [0.717, 1.165) is 115 Å². The van der Waals surface area contributed by atoms with Gasteiger partial charge in [0.05, 0.1) is 12.8 Å². The van der Waals surface area contributed by atoms with E-state index >= 15 is 0 Å². The van der Waals surface area contributed by atoms with Crippen molar-refractivity contribution in [3.63, 3.8) is 0 Å². The molecule has 64 heavy (non-hydrogen) atoms. The van der Waals surface area contributed by atoms with Gasteiger partial charge in [-0.3, -0.25) is 14.6 Å². The van der Waals surface area contributed by atoms with E-state index in [1.807, 2.05) is 36.2 Å². The van der Waals surface area contributed by atoms with E-state index in [0.29, 0.717) is 23.1 Å². The number of hydrogen-bond donors (Lipinski definition) is 4. The van der Waals surface area contributed by atoms with E-state index in [4.69, 9.17) is 9.72 Å². The summed E-state index contributed by atoms with van der Waals surface area (Å²) in [4.78, 5) is 29.4. The van der Waals surface area contributed by atoms with Gasteiger partial charge < -0.3 is 30.7 Å². The molecule has 2 aliphatic heterocycles. The fraction of sp³-hybridized carbons (Fsp3) is 0.642. The Morgan fingerprint density at radius 3 is 2.22 bits per heavy atom. The van der Waals surface area contributed by atoms with Gasteiger partial charge >= 0.3 is 0 Å². The van der Waals surface area contributed by atoms with Crippen molar-refractivity contribution in [2.45, 2.75) is 135 Å². The normalized spacial score (nSPS) is 25.0. The summed E-state index contributed by atoms with van der Waals surface area (Å²) >= 11 is 0. The van der Waals surface area contributed by atoms with Crippen molar-refractivity contribution in [3.05, 3.63) is 60.3 Å². The van der Waals surface area contributed by atoms with Crippen molar-refractivity contribution >= 4 is 46.0 Å². The smallest absolute Gasteiger partial charge is 0.229 e. The van der Waals surface area contributed by atoms with E-state index in [1.54, 1.807) is 7.11 Å². The number of aliphatic hydroxyl groups is 1. The van der Waals surface area contributed by atoms with E-state index in [2.05, 4.69) is 61.1 Å². The molecule has 6 fully saturated rings. The molecule has 11 nitrogen and oxygen atoms in total. The highest BCUT2D eigenvalue weighted by Gasteiger charge is 2.51. The lowest BCUT2D eigenvalue weighted by atomic mass is 9.49. The summed E-state index contributed by atoms with van der Waals surface area (Å²) in [5.41, 5.74) is 6.06. The molecule has 1 unspecified atom stereocenters. The van der Waals surface area contributed by atoms with E-state index < -0.39 is 6.23 Å². The topological polar surface area (TPSA) is 118 Å². The van der Waals surface area contributed by atoms with Crippen LogP contribution in [-0.4, -0.2) is 85.0 Å². The fourth-order valence-corrected chi connectivity index (χ4v) is 12.4. The zero-order valence-electron chi connectivity index (χ0n) is 39.0. The number of benzene rings is 2. The van der Waals surface area contributed by atoms with Crippen LogP contribution in [-0.2, 0) is 4.79 Å². The number of hydrogen-bond acceptors (Lipinski definition) is 10. The summed E-state index contributed by atoms with van der Waals surface area (Å²) in [5.74, 6) is 5.72. The van der Waals surface area contributed by atoms with Gasteiger partial charge in [0.15, 0.2) is 6.23 Å². The number of nitrogens with zero attached hydrogens (tertiary/aromatic N) is 5. The number of ether oxygens (including phenoxy) is 1. The van der Waals surface area contributed by atoms with Gasteiger partial charge in [-0.2, -0.15) is 4.98 Å². The first-order valence-corrected chi connectivity index (χ1v) is 25.4. The maximum atomic E-state index is 12.8. The number of rotatable bonds is 23. The second-order valence-electron chi connectivity index (χ2n) is 20.8. The van der Waals surface area contributed by atoms with Gasteiger partial charge in [-0.05, 0) is 149 Å². The molecule has 11 heteroatoms. The van der Waals surface area contributed by atoms with Crippen molar-refractivity contribution in [1.82, 2.24) is 20.2 Å². The van der Waals surface area contributed by atoms with Crippen LogP contribution in [0.25, 0.3) is 5.57 Å². The van der Waals surface area contributed by atoms with Gasteiger partial charge in [0.25, 0.3) is 0 Å². The van der Waals surface area contributed by atoms with Crippen LogP contribution >= 0.6 is 0 Å². The molecule has 3 aromatic rings. The number of piperazine rings is 1. The average molecular weight is 873 g/mol. The monoisotopic (exact) mass is 873 g/mol. The number of amides is 1. The number of anilines is 6. The minimum absolute atomic E-state index is 0.332. The third-order valence-electron chi connectivity index (χ3n) is 15.6. The zero-order chi connectivity index (χ0) is 43.9. The Balaban J connectivity index is 0.644. The Morgan fingerprint density at radius 2 is 1.53 bits per heavy atom. The first kappa shape index (κ1) is 44.8. The summed E-state index contributed by atoms with van der Waals surface area (Å²) in [5, 5.41) is 21.5. The van der Waals surface area contributed by atoms with Gasteiger partial charge in [0.2, 0.25) is 11.9 Å². The van der Waals surface area contributed by atoms with Crippen LogP contribution in [0.5, 0.6) is 5.75 Å². The van der Waals surface area contributed by atoms with Crippen LogP contribution in [0.2, 0.25) is 0 Å². The van der Waals surface area contributed by atoms with Crippen LogP contribution < -0.4 is 30.5 Å². The van der Waals surface area contributed by atoms with Gasteiger partial charge in [-0.25, -0.2) is 4.98 Å². The lowest BCUT2D eigenvalue weighted by Gasteiger charge is -2.56. The lowest BCUT2D eigenvalue weighted by Crippen LogP contribution is -2.48. The minimum Gasteiger partial charge on any atom is -0.494 e. The second-order valence-corrected chi connectivity index (χ2v) is 20.8. The number of aromatic nitrogens is 2. The summed E-state index contributed by atoms with van der Waals surface area (Å²) < 4.78 is 5.90. The number of methoxy groups -OCH3 is 1. The fourth-order valence-electron chi connectivity index (χ4n) is 12.4. The highest BCUT2D eigenvalue weighted by atomic mass is 16.5. The molecule has 5 saturated carbocycles. The molecular formula is C53H76N8O3. The zero-order valence-corrected chi connectivity index (χ0v) is 39.0. The first-order chi connectivity index (χ1) is 31.3. The predicted molar refractivity (Wildman–Crippen MR) is 261 cm³/mol. The largest absolute Gasteiger partial charge is 0.494 e. The SMILES string of the molecule is COc1cc(N2CCN(CCCCCCCCCCCCNC(=O)CC34CC5CC(CC(C5)C3)C4)CC2)ccc1Nc1ncc2c(n1)N(c1cccc(NCC3CC3)c1)C(O)C=C2C.